The van der Waals surface area contributed by atoms with E-state index in [4.69, 9.17) is 0 Å². The first kappa shape index (κ1) is 21.0. The molecule has 6 nitrogen and oxygen atoms in total. The number of aromatic hydroxyl groups is 1. The fourth-order valence-corrected chi connectivity index (χ4v) is 3.51. The Balaban J connectivity index is 2.15. The van der Waals surface area contributed by atoms with Crippen molar-refractivity contribution in [2.75, 3.05) is 0 Å². The van der Waals surface area contributed by atoms with Gasteiger partial charge in [-0.2, -0.15) is 0 Å². The highest BCUT2D eigenvalue weighted by Crippen LogP contribution is 2.30. The lowest BCUT2D eigenvalue weighted by atomic mass is 9.89. The number of aliphatic hydroxyl groups is 2. The van der Waals surface area contributed by atoms with E-state index >= 15 is 0 Å². The number of hydrogen-bond acceptors (Lipinski definition) is 5. The molecule has 0 bridgehead atoms. The van der Waals surface area contributed by atoms with Crippen LogP contribution in [0.3, 0.4) is 0 Å². The van der Waals surface area contributed by atoms with E-state index in [9.17, 15) is 24.9 Å². The van der Waals surface area contributed by atoms with E-state index in [0.29, 0.717) is 17.9 Å². The van der Waals surface area contributed by atoms with Crippen molar-refractivity contribution >= 4 is 11.7 Å². The molecule has 1 heterocycles. The maximum absolute atomic E-state index is 12.7. The maximum Gasteiger partial charge on any atom is 0.259 e. The summed E-state index contributed by atoms with van der Waals surface area (Å²) in [6, 6.07) is 4.61. The number of rotatable bonds is 8. The number of amides is 1. The summed E-state index contributed by atoms with van der Waals surface area (Å²) < 4.78 is 0. The summed E-state index contributed by atoms with van der Waals surface area (Å²) in [4.78, 5) is 25.0. The first-order valence-electron chi connectivity index (χ1n) is 9.51. The minimum atomic E-state index is -1.26. The average molecular weight is 375 g/mol. The highest BCUT2D eigenvalue weighted by atomic mass is 16.3. The maximum atomic E-state index is 12.7. The van der Waals surface area contributed by atoms with E-state index in [1.807, 2.05) is 0 Å². The van der Waals surface area contributed by atoms with Crippen LogP contribution in [0.5, 0.6) is 5.75 Å². The van der Waals surface area contributed by atoms with Crippen LogP contribution in [-0.4, -0.2) is 33.1 Å². The first-order valence-corrected chi connectivity index (χ1v) is 9.51. The predicted molar refractivity (Wildman–Crippen MR) is 102 cm³/mol. The normalized spacial score (nSPS) is 22.3. The fraction of sp³-hybridized carbons (Fsp3) is 0.524. The van der Waals surface area contributed by atoms with Crippen LogP contribution >= 0.6 is 0 Å². The van der Waals surface area contributed by atoms with Gasteiger partial charge >= 0.3 is 0 Å². The van der Waals surface area contributed by atoms with Crippen molar-refractivity contribution in [2.24, 2.45) is 11.8 Å². The largest absolute Gasteiger partial charge is 0.511 e. The Morgan fingerprint density at radius 2 is 1.81 bits per heavy atom. The zero-order chi connectivity index (χ0) is 20.1. The SMILES string of the molecule is CCCCC(C)CC(C)C(O)=C1C(=O)NC(C(O)c2ccc(O)cc2)C1=O. The molecule has 1 aromatic carbocycles. The van der Waals surface area contributed by atoms with Gasteiger partial charge in [-0.25, -0.2) is 0 Å². The molecule has 4 unspecified atom stereocenters. The van der Waals surface area contributed by atoms with Gasteiger partial charge in [0.1, 0.15) is 29.2 Å². The Morgan fingerprint density at radius 3 is 2.41 bits per heavy atom. The molecule has 1 fully saturated rings. The molecule has 0 spiro atoms. The van der Waals surface area contributed by atoms with E-state index in [0.717, 1.165) is 19.3 Å². The van der Waals surface area contributed by atoms with E-state index in [-0.39, 0.29) is 23.0 Å². The molecule has 4 atom stereocenters. The van der Waals surface area contributed by atoms with Gasteiger partial charge in [-0.05, 0) is 30.0 Å². The molecule has 148 valence electrons. The summed E-state index contributed by atoms with van der Waals surface area (Å²) in [6.45, 7) is 6.02. The molecule has 4 N–H and O–H groups in total. The summed E-state index contributed by atoms with van der Waals surface area (Å²) >= 11 is 0. The monoisotopic (exact) mass is 375 g/mol. The number of phenolic OH excluding ortho intramolecular Hbond substituents is 1. The fourth-order valence-electron chi connectivity index (χ4n) is 3.51. The van der Waals surface area contributed by atoms with E-state index in [1.165, 1.54) is 24.3 Å². The Labute approximate surface area is 159 Å². The topological polar surface area (TPSA) is 107 Å². The van der Waals surface area contributed by atoms with Crippen LogP contribution in [0, 0.1) is 11.8 Å². The number of phenols is 1. The summed E-state index contributed by atoms with van der Waals surface area (Å²) in [6.07, 6.45) is 2.66. The molecule has 27 heavy (non-hydrogen) atoms. The van der Waals surface area contributed by atoms with Gasteiger partial charge in [-0.1, -0.05) is 52.2 Å². The Kier molecular flexibility index (Phi) is 7.02. The number of carbonyl (C=O) groups excluding carboxylic acids is 2. The molecular weight excluding hydrogens is 346 g/mol. The lowest BCUT2D eigenvalue weighted by Gasteiger charge is -2.18. The van der Waals surface area contributed by atoms with Crippen LogP contribution in [0.15, 0.2) is 35.6 Å². The third-order valence-corrected chi connectivity index (χ3v) is 5.12. The third kappa shape index (κ3) is 4.89. The van der Waals surface area contributed by atoms with Gasteiger partial charge in [-0.15, -0.1) is 0 Å². The Morgan fingerprint density at radius 1 is 1.19 bits per heavy atom. The second kappa shape index (κ2) is 9.04. The van der Waals surface area contributed by atoms with Crippen molar-refractivity contribution in [1.82, 2.24) is 5.32 Å². The van der Waals surface area contributed by atoms with Gasteiger partial charge in [0.25, 0.3) is 5.91 Å². The number of ketones is 1. The van der Waals surface area contributed by atoms with Crippen LogP contribution in [0.1, 0.15) is 58.1 Å². The number of hydrogen-bond donors (Lipinski definition) is 4. The van der Waals surface area contributed by atoms with Crippen molar-refractivity contribution in [2.45, 2.75) is 58.6 Å². The van der Waals surface area contributed by atoms with E-state index in [2.05, 4.69) is 19.2 Å². The minimum Gasteiger partial charge on any atom is -0.511 e. The van der Waals surface area contributed by atoms with Crippen LogP contribution in [0.25, 0.3) is 0 Å². The molecule has 0 saturated carbocycles. The highest BCUT2D eigenvalue weighted by molar-refractivity contribution is 6.27. The minimum absolute atomic E-state index is 0.0389. The summed E-state index contributed by atoms with van der Waals surface area (Å²) in [5.41, 5.74) is 0.140. The van der Waals surface area contributed by atoms with Gasteiger partial charge in [0.05, 0.1) is 0 Å². The molecule has 2 rings (SSSR count). The standard InChI is InChI=1S/C21H29NO5/c1-4-5-6-12(2)11-13(3)18(24)16-20(26)17(22-21(16)27)19(25)14-7-9-15(23)10-8-14/h7-10,12-13,17,19,23-25H,4-6,11H2,1-3H3,(H,22,27). The number of carbonyl (C=O) groups is 2. The molecule has 0 radical (unpaired) electrons. The molecule has 1 saturated heterocycles. The Hall–Kier alpha value is -2.34. The number of nitrogens with one attached hydrogen (secondary N) is 1. The van der Waals surface area contributed by atoms with E-state index in [1.54, 1.807) is 6.92 Å². The van der Waals surface area contributed by atoms with Gasteiger partial charge in [0.15, 0.2) is 5.78 Å². The van der Waals surface area contributed by atoms with Crippen LogP contribution in [0.2, 0.25) is 0 Å². The zero-order valence-corrected chi connectivity index (χ0v) is 16.1. The molecule has 0 aromatic heterocycles. The van der Waals surface area contributed by atoms with Gasteiger partial charge < -0.3 is 20.6 Å². The number of aliphatic hydroxyl groups excluding tert-OH is 2. The smallest absolute Gasteiger partial charge is 0.259 e. The van der Waals surface area contributed by atoms with Crippen molar-refractivity contribution in [3.05, 3.63) is 41.2 Å². The molecule has 1 aliphatic heterocycles. The molecule has 0 aliphatic carbocycles. The number of benzene rings is 1. The quantitative estimate of drug-likeness (QED) is 0.317. The zero-order valence-electron chi connectivity index (χ0n) is 16.1. The predicted octanol–water partition coefficient (Wildman–Crippen LogP) is 3.16. The second-order valence-corrected chi connectivity index (χ2v) is 7.50. The first-order chi connectivity index (χ1) is 12.8. The van der Waals surface area contributed by atoms with Gasteiger partial charge in [-0.3, -0.25) is 9.59 Å². The second-order valence-electron chi connectivity index (χ2n) is 7.50. The number of allylic oxidation sites excluding steroid dienone is 1. The highest BCUT2D eigenvalue weighted by Gasteiger charge is 2.43. The van der Waals surface area contributed by atoms with Crippen molar-refractivity contribution in [1.29, 1.82) is 0 Å². The molecular formula is C21H29NO5. The number of Topliss-reactive ketones (excluding diaryl/α,β-unsaturated/α-hetero) is 1. The van der Waals surface area contributed by atoms with Crippen LogP contribution in [-0.2, 0) is 9.59 Å². The van der Waals surface area contributed by atoms with Crippen LogP contribution in [0.4, 0.5) is 0 Å². The summed E-state index contributed by atoms with van der Waals surface area (Å²) in [7, 11) is 0. The average Bonchev–Trinajstić information content (AvgIpc) is 2.93. The molecule has 6 heteroatoms. The lowest BCUT2D eigenvalue weighted by molar-refractivity contribution is -0.118. The molecule has 1 amide bonds. The van der Waals surface area contributed by atoms with Gasteiger partial charge in [0.2, 0.25) is 0 Å². The lowest BCUT2D eigenvalue weighted by Crippen LogP contribution is -2.35. The summed E-state index contributed by atoms with van der Waals surface area (Å²) in [5.74, 6) is -1.37. The van der Waals surface area contributed by atoms with Crippen molar-refractivity contribution in [3.8, 4) is 5.75 Å². The third-order valence-electron chi connectivity index (χ3n) is 5.12. The summed E-state index contributed by atoms with van der Waals surface area (Å²) in [5, 5.41) is 32.8. The van der Waals surface area contributed by atoms with Crippen LogP contribution < -0.4 is 5.32 Å². The molecule has 1 aromatic rings. The Bertz CT molecular complexity index is 710. The van der Waals surface area contributed by atoms with Gasteiger partial charge in [0, 0.05) is 5.92 Å². The van der Waals surface area contributed by atoms with Crippen molar-refractivity contribution in [3.63, 3.8) is 0 Å². The van der Waals surface area contributed by atoms with E-state index < -0.39 is 23.8 Å². The molecule has 1 aliphatic rings. The van der Waals surface area contributed by atoms with Crippen molar-refractivity contribution < 1.29 is 24.9 Å². The number of unbranched alkanes of at least 4 members (excludes halogenated alkanes) is 1.